The minimum atomic E-state index is 0.280. The fourth-order valence-electron chi connectivity index (χ4n) is 1.74. The van der Waals surface area contributed by atoms with Gasteiger partial charge in [0.2, 0.25) is 0 Å². The first-order chi connectivity index (χ1) is 9.69. The van der Waals surface area contributed by atoms with Crippen LogP contribution in [0.2, 0.25) is 0 Å². The molecule has 0 bridgehead atoms. The third-order valence-electron chi connectivity index (χ3n) is 2.82. The van der Waals surface area contributed by atoms with Crippen molar-refractivity contribution in [2.24, 2.45) is 0 Å². The molecule has 0 unspecified atom stereocenters. The SMILES string of the molecule is C=C\C=C/C=C(C)/C(O)=C/C(=C\CC)c1ccccc1. The zero-order valence-corrected chi connectivity index (χ0v) is 12.2. The standard InChI is InChI=1S/C19H22O/c1-4-6-8-12-16(3)19(20)15-18(11-5-2)17-13-9-7-10-14-17/h4,6-15,20H,1,5H2,2-3H3/b8-6-,16-12+,18-11+,19-15-. The molecule has 0 aliphatic rings. The van der Waals surface area contributed by atoms with E-state index in [1.807, 2.05) is 61.6 Å². The van der Waals surface area contributed by atoms with Crippen LogP contribution in [0.4, 0.5) is 0 Å². The Kier molecular flexibility index (Phi) is 6.91. The fourth-order valence-corrected chi connectivity index (χ4v) is 1.74. The molecule has 0 heterocycles. The average Bonchev–Trinajstić information content (AvgIpc) is 2.47. The third-order valence-corrected chi connectivity index (χ3v) is 2.82. The first-order valence-corrected chi connectivity index (χ1v) is 6.81. The van der Waals surface area contributed by atoms with Gasteiger partial charge in [-0.3, -0.25) is 0 Å². The molecule has 104 valence electrons. The lowest BCUT2D eigenvalue weighted by Crippen LogP contribution is -1.87. The van der Waals surface area contributed by atoms with Crippen molar-refractivity contribution in [2.75, 3.05) is 0 Å². The van der Waals surface area contributed by atoms with Gasteiger partial charge < -0.3 is 5.11 Å². The van der Waals surface area contributed by atoms with Crippen molar-refractivity contribution in [3.63, 3.8) is 0 Å². The van der Waals surface area contributed by atoms with Gasteiger partial charge in [-0.25, -0.2) is 0 Å². The van der Waals surface area contributed by atoms with E-state index in [4.69, 9.17) is 0 Å². The molecule has 1 rings (SSSR count). The predicted octanol–water partition coefficient (Wildman–Crippen LogP) is 5.61. The summed E-state index contributed by atoms with van der Waals surface area (Å²) in [5.74, 6) is 0.280. The Morgan fingerprint density at radius 1 is 1.20 bits per heavy atom. The molecule has 1 nitrogen and oxygen atoms in total. The first kappa shape index (κ1) is 15.8. The van der Waals surface area contributed by atoms with Gasteiger partial charge in [-0.2, -0.15) is 0 Å². The van der Waals surface area contributed by atoms with Crippen LogP contribution in [0.15, 0.2) is 84.7 Å². The second-order valence-corrected chi connectivity index (χ2v) is 4.43. The Bertz CT molecular complexity index is 542. The second-order valence-electron chi connectivity index (χ2n) is 4.43. The van der Waals surface area contributed by atoms with Crippen molar-refractivity contribution in [2.45, 2.75) is 20.3 Å². The van der Waals surface area contributed by atoms with Crippen LogP contribution in [0.5, 0.6) is 0 Å². The van der Waals surface area contributed by atoms with Gasteiger partial charge in [0.15, 0.2) is 0 Å². The van der Waals surface area contributed by atoms with Crippen molar-refractivity contribution >= 4 is 5.57 Å². The smallest absolute Gasteiger partial charge is 0.119 e. The molecule has 0 amide bonds. The molecular weight excluding hydrogens is 244 g/mol. The van der Waals surface area contributed by atoms with E-state index in [0.717, 1.165) is 23.1 Å². The number of benzene rings is 1. The molecule has 0 fully saturated rings. The van der Waals surface area contributed by atoms with Gasteiger partial charge in [-0.05, 0) is 36.1 Å². The maximum atomic E-state index is 10.2. The summed E-state index contributed by atoms with van der Waals surface area (Å²) in [6.45, 7) is 7.58. The molecule has 0 atom stereocenters. The van der Waals surface area contributed by atoms with Crippen LogP contribution in [0.1, 0.15) is 25.8 Å². The largest absolute Gasteiger partial charge is 0.508 e. The lowest BCUT2D eigenvalue weighted by Gasteiger charge is -2.05. The topological polar surface area (TPSA) is 20.2 Å². The maximum absolute atomic E-state index is 10.2. The van der Waals surface area contributed by atoms with Crippen LogP contribution < -0.4 is 0 Å². The Hall–Kier alpha value is -2.28. The van der Waals surface area contributed by atoms with Gasteiger partial charge in [0.25, 0.3) is 0 Å². The molecule has 0 saturated carbocycles. The molecule has 0 radical (unpaired) electrons. The van der Waals surface area contributed by atoms with E-state index < -0.39 is 0 Å². The molecule has 1 aromatic rings. The minimum absolute atomic E-state index is 0.280. The van der Waals surface area contributed by atoms with Crippen LogP contribution in [0, 0.1) is 0 Å². The average molecular weight is 266 g/mol. The number of aliphatic hydroxyl groups is 1. The normalized spacial score (nSPS) is 13.8. The summed E-state index contributed by atoms with van der Waals surface area (Å²) in [6.07, 6.45) is 12.1. The molecule has 1 N–H and O–H groups in total. The van der Waals surface area contributed by atoms with Crippen LogP contribution >= 0.6 is 0 Å². The Labute approximate surface area is 122 Å². The highest BCUT2D eigenvalue weighted by Gasteiger charge is 2.01. The molecule has 0 aliphatic heterocycles. The van der Waals surface area contributed by atoms with Gasteiger partial charge in [0, 0.05) is 0 Å². The maximum Gasteiger partial charge on any atom is 0.119 e. The van der Waals surface area contributed by atoms with Gasteiger partial charge in [0.05, 0.1) is 0 Å². The van der Waals surface area contributed by atoms with Crippen LogP contribution in [-0.2, 0) is 0 Å². The van der Waals surface area contributed by atoms with E-state index in [0.29, 0.717) is 0 Å². The van der Waals surface area contributed by atoms with Gasteiger partial charge in [-0.15, -0.1) is 0 Å². The van der Waals surface area contributed by atoms with Crippen LogP contribution in [-0.4, -0.2) is 5.11 Å². The summed E-state index contributed by atoms with van der Waals surface area (Å²) in [4.78, 5) is 0. The molecule has 0 saturated heterocycles. The Balaban J connectivity index is 3.03. The highest BCUT2D eigenvalue weighted by Crippen LogP contribution is 2.20. The van der Waals surface area contributed by atoms with E-state index in [1.54, 1.807) is 6.08 Å². The van der Waals surface area contributed by atoms with E-state index in [-0.39, 0.29) is 5.76 Å². The molecule has 1 heteroatoms. The van der Waals surface area contributed by atoms with Crippen molar-refractivity contribution in [1.82, 2.24) is 0 Å². The number of hydrogen-bond acceptors (Lipinski definition) is 1. The summed E-state index contributed by atoms with van der Waals surface area (Å²) >= 11 is 0. The number of aliphatic hydroxyl groups excluding tert-OH is 1. The molecular formula is C19H22O. The number of rotatable bonds is 6. The molecule has 0 aromatic heterocycles. The quantitative estimate of drug-likeness (QED) is 0.524. The number of allylic oxidation sites excluding steroid dienone is 8. The highest BCUT2D eigenvalue weighted by molar-refractivity contribution is 5.75. The second kappa shape index (κ2) is 8.76. The van der Waals surface area contributed by atoms with Crippen molar-refractivity contribution in [3.8, 4) is 0 Å². The summed E-state index contributed by atoms with van der Waals surface area (Å²) in [5, 5.41) is 10.2. The van der Waals surface area contributed by atoms with E-state index in [2.05, 4.69) is 19.6 Å². The monoisotopic (exact) mass is 266 g/mol. The highest BCUT2D eigenvalue weighted by atomic mass is 16.3. The summed E-state index contributed by atoms with van der Waals surface area (Å²) in [5.41, 5.74) is 2.96. The summed E-state index contributed by atoms with van der Waals surface area (Å²) in [6, 6.07) is 10.1. The van der Waals surface area contributed by atoms with Crippen LogP contribution in [0.25, 0.3) is 5.57 Å². The van der Waals surface area contributed by atoms with Gasteiger partial charge in [0.1, 0.15) is 5.76 Å². The molecule has 0 aliphatic carbocycles. The van der Waals surface area contributed by atoms with Crippen molar-refractivity contribution in [1.29, 1.82) is 0 Å². The fraction of sp³-hybridized carbons (Fsp3) is 0.158. The van der Waals surface area contributed by atoms with E-state index >= 15 is 0 Å². The number of hydrogen-bond donors (Lipinski definition) is 1. The Morgan fingerprint density at radius 3 is 2.50 bits per heavy atom. The van der Waals surface area contributed by atoms with Gasteiger partial charge in [-0.1, -0.05) is 74.2 Å². The van der Waals surface area contributed by atoms with E-state index in [1.165, 1.54) is 0 Å². The lowest BCUT2D eigenvalue weighted by atomic mass is 10.0. The molecule has 1 aromatic carbocycles. The predicted molar refractivity (Wildman–Crippen MR) is 88.5 cm³/mol. The summed E-state index contributed by atoms with van der Waals surface area (Å²) < 4.78 is 0. The zero-order valence-electron chi connectivity index (χ0n) is 12.2. The lowest BCUT2D eigenvalue weighted by molar-refractivity contribution is 0.424. The van der Waals surface area contributed by atoms with Crippen molar-refractivity contribution in [3.05, 3.63) is 90.3 Å². The zero-order chi connectivity index (χ0) is 14.8. The third kappa shape index (κ3) is 5.15. The summed E-state index contributed by atoms with van der Waals surface area (Å²) in [7, 11) is 0. The Morgan fingerprint density at radius 2 is 1.90 bits per heavy atom. The minimum Gasteiger partial charge on any atom is -0.508 e. The van der Waals surface area contributed by atoms with Crippen molar-refractivity contribution < 1.29 is 5.11 Å². The van der Waals surface area contributed by atoms with E-state index in [9.17, 15) is 5.11 Å². The van der Waals surface area contributed by atoms with Crippen LogP contribution in [0.3, 0.4) is 0 Å². The molecule has 0 spiro atoms. The molecule has 20 heavy (non-hydrogen) atoms. The van der Waals surface area contributed by atoms with Gasteiger partial charge >= 0.3 is 0 Å². The first-order valence-electron chi connectivity index (χ1n) is 6.81.